The SMILES string of the molecule is COC(=O)CN(CCC(=O)NC1CCCCC1)C(C)C. The van der Waals surface area contributed by atoms with Crippen LogP contribution in [-0.4, -0.2) is 49.1 Å². The lowest BCUT2D eigenvalue weighted by Gasteiger charge is -2.26. The van der Waals surface area contributed by atoms with E-state index >= 15 is 0 Å². The maximum Gasteiger partial charge on any atom is 0.319 e. The molecule has 5 nitrogen and oxygen atoms in total. The van der Waals surface area contributed by atoms with Crippen molar-refractivity contribution in [2.75, 3.05) is 20.2 Å². The smallest absolute Gasteiger partial charge is 0.319 e. The molecule has 1 amide bonds. The molecular weight excluding hydrogens is 256 g/mol. The molecule has 1 aliphatic rings. The van der Waals surface area contributed by atoms with Crippen LogP contribution in [0, 0.1) is 0 Å². The van der Waals surface area contributed by atoms with Crippen LogP contribution in [0.1, 0.15) is 52.4 Å². The molecular formula is C15H28N2O3. The second kappa shape index (κ2) is 8.95. The summed E-state index contributed by atoms with van der Waals surface area (Å²) >= 11 is 0. The maximum atomic E-state index is 11.9. The van der Waals surface area contributed by atoms with E-state index in [0.29, 0.717) is 19.0 Å². The normalized spacial score (nSPS) is 16.4. The summed E-state index contributed by atoms with van der Waals surface area (Å²) in [5.74, 6) is -0.168. The molecule has 1 aliphatic carbocycles. The van der Waals surface area contributed by atoms with E-state index in [2.05, 4.69) is 10.1 Å². The summed E-state index contributed by atoms with van der Waals surface area (Å²) in [4.78, 5) is 25.2. The fraction of sp³-hybridized carbons (Fsp3) is 0.867. The Morgan fingerprint density at radius 2 is 1.90 bits per heavy atom. The van der Waals surface area contributed by atoms with Gasteiger partial charge in [0, 0.05) is 25.0 Å². The first kappa shape index (κ1) is 17.0. The highest BCUT2D eigenvalue weighted by Gasteiger charge is 2.18. The minimum atomic E-state index is -0.258. The molecule has 116 valence electrons. The summed E-state index contributed by atoms with van der Waals surface area (Å²) in [7, 11) is 1.39. The van der Waals surface area contributed by atoms with E-state index in [-0.39, 0.29) is 24.5 Å². The lowest BCUT2D eigenvalue weighted by atomic mass is 9.95. The number of hydrogen-bond donors (Lipinski definition) is 1. The van der Waals surface area contributed by atoms with Gasteiger partial charge in [-0.15, -0.1) is 0 Å². The van der Waals surface area contributed by atoms with Crippen LogP contribution in [-0.2, 0) is 14.3 Å². The van der Waals surface area contributed by atoms with Gasteiger partial charge in [-0.2, -0.15) is 0 Å². The molecule has 20 heavy (non-hydrogen) atoms. The molecule has 1 saturated carbocycles. The molecule has 5 heteroatoms. The van der Waals surface area contributed by atoms with Gasteiger partial charge in [0.15, 0.2) is 0 Å². The number of hydrogen-bond acceptors (Lipinski definition) is 4. The second-order valence-corrected chi connectivity index (χ2v) is 5.79. The average molecular weight is 284 g/mol. The molecule has 0 aromatic rings. The van der Waals surface area contributed by atoms with Gasteiger partial charge in [0.2, 0.25) is 5.91 Å². The van der Waals surface area contributed by atoms with E-state index in [1.807, 2.05) is 18.7 Å². The Bertz CT molecular complexity index is 312. The molecule has 0 radical (unpaired) electrons. The van der Waals surface area contributed by atoms with E-state index in [4.69, 9.17) is 0 Å². The van der Waals surface area contributed by atoms with Crippen molar-refractivity contribution in [1.82, 2.24) is 10.2 Å². The van der Waals surface area contributed by atoms with Crippen LogP contribution < -0.4 is 5.32 Å². The maximum absolute atomic E-state index is 11.9. The van der Waals surface area contributed by atoms with Gasteiger partial charge in [-0.05, 0) is 26.7 Å². The number of rotatable bonds is 7. The standard InChI is InChI=1S/C15H28N2O3/c1-12(2)17(11-15(19)20-3)10-9-14(18)16-13-7-5-4-6-8-13/h12-13H,4-11H2,1-3H3,(H,16,18). The van der Waals surface area contributed by atoms with Crippen molar-refractivity contribution in [1.29, 1.82) is 0 Å². The lowest BCUT2D eigenvalue weighted by molar-refractivity contribution is -0.142. The highest BCUT2D eigenvalue weighted by Crippen LogP contribution is 2.17. The predicted octanol–water partition coefficient (Wildman–Crippen LogP) is 1.71. The van der Waals surface area contributed by atoms with Crippen LogP contribution in [0.5, 0.6) is 0 Å². The molecule has 0 heterocycles. The van der Waals surface area contributed by atoms with Gasteiger partial charge in [-0.1, -0.05) is 19.3 Å². The molecule has 0 unspecified atom stereocenters. The number of amides is 1. The summed E-state index contributed by atoms with van der Waals surface area (Å²) in [5.41, 5.74) is 0. The van der Waals surface area contributed by atoms with Crippen LogP contribution >= 0.6 is 0 Å². The fourth-order valence-electron chi connectivity index (χ4n) is 2.54. The number of carbonyl (C=O) groups excluding carboxylic acids is 2. The van der Waals surface area contributed by atoms with E-state index in [0.717, 1.165) is 12.8 Å². The monoisotopic (exact) mass is 284 g/mol. The zero-order chi connectivity index (χ0) is 15.0. The molecule has 0 aromatic carbocycles. The summed E-state index contributed by atoms with van der Waals surface area (Å²) in [6, 6.07) is 0.570. The van der Waals surface area contributed by atoms with Crippen molar-refractivity contribution >= 4 is 11.9 Å². The Labute approximate surface area is 122 Å². The van der Waals surface area contributed by atoms with E-state index in [1.165, 1.54) is 26.4 Å². The molecule has 0 aromatic heterocycles. The third-order valence-electron chi connectivity index (χ3n) is 3.89. The van der Waals surface area contributed by atoms with Crippen LogP contribution in [0.15, 0.2) is 0 Å². The van der Waals surface area contributed by atoms with Crippen molar-refractivity contribution in [3.8, 4) is 0 Å². The van der Waals surface area contributed by atoms with Gasteiger partial charge < -0.3 is 10.1 Å². The predicted molar refractivity (Wildman–Crippen MR) is 78.4 cm³/mol. The highest BCUT2D eigenvalue weighted by atomic mass is 16.5. The summed E-state index contributed by atoms with van der Waals surface area (Å²) in [6.45, 7) is 4.86. The van der Waals surface area contributed by atoms with Gasteiger partial charge in [0.25, 0.3) is 0 Å². The first-order chi connectivity index (χ1) is 9.52. The molecule has 1 N–H and O–H groups in total. The number of nitrogens with one attached hydrogen (secondary N) is 1. The van der Waals surface area contributed by atoms with Crippen molar-refractivity contribution < 1.29 is 14.3 Å². The zero-order valence-corrected chi connectivity index (χ0v) is 13.0. The minimum absolute atomic E-state index is 0.0902. The first-order valence-corrected chi connectivity index (χ1v) is 7.63. The van der Waals surface area contributed by atoms with Crippen molar-refractivity contribution in [3.63, 3.8) is 0 Å². The topological polar surface area (TPSA) is 58.6 Å². The first-order valence-electron chi connectivity index (χ1n) is 7.63. The Hall–Kier alpha value is -1.10. The van der Waals surface area contributed by atoms with E-state index in [9.17, 15) is 9.59 Å². The Morgan fingerprint density at radius 1 is 1.25 bits per heavy atom. The summed E-state index contributed by atoms with van der Waals surface area (Å²) in [5, 5.41) is 3.10. The molecule has 0 bridgehead atoms. The van der Waals surface area contributed by atoms with Crippen molar-refractivity contribution in [3.05, 3.63) is 0 Å². The largest absolute Gasteiger partial charge is 0.468 e. The number of nitrogens with zero attached hydrogens (tertiary/aromatic N) is 1. The van der Waals surface area contributed by atoms with Crippen molar-refractivity contribution in [2.24, 2.45) is 0 Å². The number of methoxy groups -OCH3 is 1. The fourth-order valence-corrected chi connectivity index (χ4v) is 2.54. The molecule has 0 aliphatic heterocycles. The van der Waals surface area contributed by atoms with Gasteiger partial charge in [-0.3, -0.25) is 14.5 Å². The summed E-state index contributed by atoms with van der Waals surface area (Å²) in [6.07, 6.45) is 6.35. The van der Waals surface area contributed by atoms with Gasteiger partial charge in [0.05, 0.1) is 13.7 Å². The molecule has 1 rings (SSSR count). The Balaban J connectivity index is 2.30. The average Bonchev–Trinajstić information content (AvgIpc) is 2.43. The highest BCUT2D eigenvalue weighted by molar-refractivity contribution is 5.76. The molecule has 0 atom stereocenters. The third kappa shape index (κ3) is 6.37. The number of esters is 1. The Morgan fingerprint density at radius 3 is 2.45 bits per heavy atom. The van der Waals surface area contributed by atoms with Crippen LogP contribution in [0.4, 0.5) is 0 Å². The molecule has 0 saturated heterocycles. The van der Waals surface area contributed by atoms with Crippen LogP contribution in [0.3, 0.4) is 0 Å². The number of ether oxygens (including phenoxy) is 1. The number of carbonyl (C=O) groups is 2. The second-order valence-electron chi connectivity index (χ2n) is 5.79. The third-order valence-corrected chi connectivity index (χ3v) is 3.89. The minimum Gasteiger partial charge on any atom is -0.468 e. The van der Waals surface area contributed by atoms with Gasteiger partial charge in [-0.25, -0.2) is 0 Å². The Kier molecular flexibility index (Phi) is 7.59. The quantitative estimate of drug-likeness (QED) is 0.723. The van der Waals surface area contributed by atoms with Gasteiger partial charge in [0.1, 0.15) is 0 Å². The summed E-state index contributed by atoms with van der Waals surface area (Å²) < 4.78 is 4.68. The lowest BCUT2D eigenvalue weighted by Crippen LogP contribution is -2.41. The van der Waals surface area contributed by atoms with E-state index < -0.39 is 0 Å². The molecule has 1 fully saturated rings. The van der Waals surface area contributed by atoms with Crippen LogP contribution in [0.2, 0.25) is 0 Å². The van der Waals surface area contributed by atoms with Gasteiger partial charge >= 0.3 is 5.97 Å². The van der Waals surface area contributed by atoms with Crippen molar-refractivity contribution in [2.45, 2.75) is 64.5 Å². The molecule has 0 spiro atoms. The van der Waals surface area contributed by atoms with Crippen LogP contribution in [0.25, 0.3) is 0 Å². The van der Waals surface area contributed by atoms with E-state index in [1.54, 1.807) is 0 Å². The zero-order valence-electron chi connectivity index (χ0n) is 13.0.